The van der Waals surface area contributed by atoms with Crippen LogP contribution in [0.1, 0.15) is 13.8 Å². The van der Waals surface area contributed by atoms with Gasteiger partial charge in [0.25, 0.3) is 5.91 Å². The average molecular weight is 302 g/mol. The van der Waals surface area contributed by atoms with Crippen LogP contribution in [0.15, 0.2) is 18.2 Å². The highest BCUT2D eigenvalue weighted by atomic mass is 35.5. The number of urea groups is 1. The molecule has 0 aromatic heterocycles. The Hall–Kier alpha value is -1.46. The molecule has 3 amide bonds. The Morgan fingerprint density at radius 3 is 2.47 bits per heavy atom. The fourth-order valence-corrected chi connectivity index (χ4v) is 2.04. The maximum absolute atomic E-state index is 11.9. The number of benzene rings is 1. The van der Waals surface area contributed by atoms with Crippen LogP contribution in [0.2, 0.25) is 10.0 Å². The highest BCUT2D eigenvalue weighted by Crippen LogP contribution is 2.25. The molecule has 0 aliphatic carbocycles. The molecule has 0 atom stereocenters. The summed E-state index contributed by atoms with van der Waals surface area (Å²) in [6.45, 7) is 3.39. The van der Waals surface area contributed by atoms with Crippen LogP contribution >= 0.6 is 23.2 Å². The van der Waals surface area contributed by atoms with Crippen LogP contribution in [0.3, 0.4) is 0 Å². The summed E-state index contributed by atoms with van der Waals surface area (Å²) in [5.74, 6) is -0.273. The molecule has 1 aromatic carbocycles. The summed E-state index contributed by atoms with van der Waals surface area (Å²) in [6.07, 6.45) is 0. The molecule has 1 heterocycles. The molecular weight excluding hydrogens is 289 g/mol. The van der Waals surface area contributed by atoms with E-state index in [1.54, 1.807) is 32.0 Å². The third-order valence-corrected chi connectivity index (χ3v) is 3.54. The van der Waals surface area contributed by atoms with Crippen molar-refractivity contribution in [2.75, 3.05) is 12.0 Å². The van der Waals surface area contributed by atoms with E-state index in [1.807, 2.05) is 0 Å². The molecule has 0 radical (unpaired) electrons. The topological polar surface area (TPSA) is 61.4 Å². The quantitative estimate of drug-likeness (QED) is 0.844. The standard InChI is InChI=1S/C12H13Cl2N3O2/c1-12(2)10(18)17(11(19)16-12)6-15-7-3-4-8(13)9(14)5-7/h3-5,15H,6H2,1-2H3,(H,16,19). The van der Waals surface area contributed by atoms with Crippen LogP contribution in [0.4, 0.5) is 10.5 Å². The molecule has 19 heavy (non-hydrogen) atoms. The molecule has 2 rings (SSSR count). The molecule has 5 nitrogen and oxygen atoms in total. The van der Waals surface area contributed by atoms with E-state index in [0.717, 1.165) is 4.90 Å². The lowest BCUT2D eigenvalue weighted by Crippen LogP contribution is -2.41. The van der Waals surface area contributed by atoms with Crippen molar-refractivity contribution in [3.63, 3.8) is 0 Å². The van der Waals surface area contributed by atoms with Crippen molar-refractivity contribution in [3.8, 4) is 0 Å². The zero-order chi connectivity index (χ0) is 14.2. The third kappa shape index (κ3) is 2.77. The van der Waals surface area contributed by atoms with E-state index in [0.29, 0.717) is 15.7 Å². The number of nitrogens with one attached hydrogen (secondary N) is 2. The van der Waals surface area contributed by atoms with Gasteiger partial charge < -0.3 is 10.6 Å². The molecule has 1 aliphatic rings. The highest BCUT2D eigenvalue weighted by Gasteiger charge is 2.43. The zero-order valence-corrected chi connectivity index (χ0v) is 12.0. The minimum absolute atomic E-state index is 0.0755. The van der Waals surface area contributed by atoms with Gasteiger partial charge >= 0.3 is 6.03 Å². The fourth-order valence-electron chi connectivity index (χ4n) is 1.74. The fraction of sp³-hybridized carbons (Fsp3) is 0.333. The van der Waals surface area contributed by atoms with Gasteiger partial charge in [-0.25, -0.2) is 9.69 Å². The van der Waals surface area contributed by atoms with E-state index < -0.39 is 11.6 Å². The summed E-state index contributed by atoms with van der Waals surface area (Å²) in [7, 11) is 0. The van der Waals surface area contributed by atoms with E-state index in [9.17, 15) is 9.59 Å². The summed E-state index contributed by atoms with van der Waals surface area (Å²) in [6, 6.07) is 4.58. The van der Waals surface area contributed by atoms with Crippen molar-refractivity contribution in [2.24, 2.45) is 0 Å². The second-order valence-corrected chi connectivity index (χ2v) is 5.57. The van der Waals surface area contributed by atoms with Crippen molar-refractivity contribution in [3.05, 3.63) is 28.2 Å². The van der Waals surface area contributed by atoms with Gasteiger partial charge in [0, 0.05) is 5.69 Å². The molecule has 7 heteroatoms. The first-order valence-electron chi connectivity index (χ1n) is 5.64. The Morgan fingerprint density at radius 2 is 1.95 bits per heavy atom. The van der Waals surface area contributed by atoms with Gasteiger partial charge in [-0.15, -0.1) is 0 Å². The lowest BCUT2D eigenvalue weighted by molar-refractivity contribution is -0.129. The smallest absolute Gasteiger partial charge is 0.326 e. The first kappa shape index (κ1) is 14.0. The van der Waals surface area contributed by atoms with Crippen molar-refractivity contribution in [2.45, 2.75) is 19.4 Å². The minimum atomic E-state index is -0.865. The van der Waals surface area contributed by atoms with Gasteiger partial charge in [-0.05, 0) is 32.0 Å². The van der Waals surface area contributed by atoms with E-state index in [4.69, 9.17) is 23.2 Å². The van der Waals surface area contributed by atoms with Crippen LogP contribution in [-0.2, 0) is 4.79 Å². The van der Waals surface area contributed by atoms with Gasteiger partial charge in [-0.1, -0.05) is 23.2 Å². The predicted molar refractivity (Wildman–Crippen MR) is 74.4 cm³/mol. The summed E-state index contributed by atoms with van der Waals surface area (Å²) in [4.78, 5) is 24.7. The van der Waals surface area contributed by atoms with Gasteiger partial charge in [-0.3, -0.25) is 4.79 Å². The maximum atomic E-state index is 11.9. The lowest BCUT2D eigenvalue weighted by atomic mass is 10.1. The Bertz CT molecular complexity index is 546. The van der Waals surface area contributed by atoms with Crippen molar-refractivity contribution < 1.29 is 9.59 Å². The molecule has 1 fully saturated rings. The number of imide groups is 1. The van der Waals surface area contributed by atoms with Crippen molar-refractivity contribution in [1.29, 1.82) is 0 Å². The first-order valence-corrected chi connectivity index (χ1v) is 6.40. The number of halogens is 2. The summed E-state index contributed by atoms with van der Waals surface area (Å²) < 4.78 is 0. The molecule has 0 saturated carbocycles. The third-order valence-electron chi connectivity index (χ3n) is 2.81. The minimum Gasteiger partial charge on any atom is -0.367 e. The molecule has 1 aliphatic heterocycles. The van der Waals surface area contributed by atoms with E-state index in [-0.39, 0.29) is 12.6 Å². The SMILES string of the molecule is CC1(C)NC(=O)N(CNc2ccc(Cl)c(Cl)c2)C1=O. The number of carbonyl (C=O) groups is 2. The number of amides is 3. The first-order chi connectivity index (χ1) is 8.81. The Kier molecular flexibility index (Phi) is 3.60. The Morgan fingerprint density at radius 1 is 1.26 bits per heavy atom. The second-order valence-electron chi connectivity index (χ2n) is 4.75. The molecule has 1 saturated heterocycles. The van der Waals surface area contributed by atoms with E-state index in [1.165, 1.54) is 0 Å². The molecule has 2 N–H and O–H groups in total. The number of carbonyl (C=O) groups excluding carboxylic acids is 2. The Labute approximate surface area is 120 Å². The van der Waals surface area contributed by atoms with Crippen molar-refractivity contribution >= 4 is 40.8 Å². The van der Waals surface area contributed by atoms with Crippen LogP contribution in [0.25, 0.3) is 0 Å². The number of anilines is 1. The normalized spacial score (nSPS) is 17.6. The molecule has 0 unspecified atom stereocenters. The summed E-state index contributed by atoms with van der Waals surface area (Å²) in [5.41, 5.74) is -0.184. The van der Waals surface area contributed by atoms with E-state index >= 15 is 0 Å². The number of rotatable bonds is 3. The summed E-state index contributed by atoms with van der Waals surface area (Å²) in [5, 5.41) is 6.41. The van der Waals surface area contributed by atoms with Crippen molar-refractivity contribution in [1.82, 2.24) is 10.2 Å². The van der Waals surface area contributed by atoms with Crippen LogP contribution in [0.5, 0.6) is 0 Å². The van der Waals surface area contributed by atoms with Crippen LogP contribution in [0, 0.1) is 0 Å². The highest BCUT2D eigenvalue weighted by molar-refractivity contribution is 6.42. The molecule has 0 spiro atoms. The molecule has 102 valence electrons. The maximum Gasteiger partial charge on any atom is 0.326 e. The summed E-state index contributed by atoms with van der Waals surface area (Å²) >= 11 is 11.7. The number of hydrogen-bond donors (Lipinski definition) is 2. The molecule has 1 aromatic rings. The second kappa shape index (κ2) is 4.90. The number of nitrogens with zero attached hydrogens (tertiary/aromatic N) is 1. The zero-order valence-electron chi connectivity index (χ0n) is 10.5. The number of hydrogen-bond acceptors (Lipinski definition) is 3. The van der Waals surface area contributed by atoms with Gasteiger partial charge in [0.1, 0.15) is 5.54 Å². The molecular formula is C12H13Cl2N3O2. The average Bonchev–Trinajstić information content (AvgIpc) is 2.51. The van der Waals surface area contributed by atoms with Crippen LogP contribution < -0.4 is 10.6 Å². The lowest BCUT2D eigenvalue weighted by Gasteiger charge is -2.17. The van der Waals surface area contributed by atoms with E-state index in [2.05, 4.69) is 10.6 Å². The van der Waals surface area contributed by atoms with Gasteiger partial charge in [-0.2, -0.15) is 0 Å². The Balaban J connectivity index is 2.05. The monoisotopic (exact) mass is 301 g/mol. The largest absolute Gasteiger partial charge is 0.367 e. The predicted octanol–water partition coefficient (Wildman–Crippen LogP) is 2.69. The van der Waals surface area contributed by atoms with Gasteiger partial charge in [0.15, 0.2) is 0 Å². The van der Waals surface area contributed by atoms with Gasteiger partial charge in [0.2, 0.25) is 0 Å². The van der Waals surface area contributed by atoms with Gasteiger partial charge in [0.05, 0.1) is 16.7 Å². The van der Waals surface area contributed by atoms with Crippen LogP contribution in [-0.4, -0.2) is 29.0 Å². The molecule has 0 bridgehead atoms.